The van der Waals surface area contributed by atoms with Crippen molar-refractivity contribution in [3.05, 3.63) is 56.5 Å². The highest BCUT2D eigenvalue weighted by molar-refractivity contribution is 5.80. The molecule has 0 fully saturated rings. The average molecular weight is 330 g/mol. The summed E-state index contributed by atoms with van der Waals surface area (Å²) in [4.78, 5) is 28.4. The number of aryl methyl sites for hydroxylation is 2. The Kier molecular flexibility index (Phi) is 3.76. The van der Waals surface area contributed by atoms with Gasteiger partial charge < -0.3 is 4.57 Å². The number of imidazole rings is 1. The zero-order chi connectivity index (χ0) is 17.4. The molecule has 1 N–H and O–H groups in total. The highest BCUT2D eigenvalue weighted by atomic mass is 19.1. The van der Waals surface area contributed by atoms with Gasteiger partial charge in [-0.15, -0.1) is 0 Å². The first-order valence-corrected chi connectivity index (χ1v) is 7.07. The van der Waals surface area contributed by atoms with E-state index < -0.39 is 11.2 Å². The SMILES string of the molecule is Cn1c(=O)c2c(nc(N/N=C\c3ccc(F)cc3)n2C)n(C)c1=O. The number of hydrogen-bond donors (Lipinski definition) is 1. The number of hydrogen-bond acceptors (Lipinski definition) is 5. The molecule has 0 radical (unpaired) electrons. The minimum atomic E-state index is -0.452. The number of anilines is 1. The second kappa shape index (κ2) is 5.76. The first kappa shape index (κ1) is 15.7. The van der Waals surface area contributed by atoms with Crippen molar-refractivity contribution in [2.45, 2.75) is 0 Å². The maximum atomic E-state index is 12.9. The van der Waals surface area contributed by atoms with Crippen LogP contribution in [-0.2, 0) is 21.1 Å². The lowest BCUT2D eigenvalue weighted by Gasteiger charge is -2.03. The van der Waals surface area contributed by atoms with Gasteiger partial charge in [0.2, 0.25) is 5.95 Å². The molecule has 124 valence electrons. The standard InChI is InChI=1S/C15H15FN6O2/c1-20-11-12(21(2)15(24)22(3)13(11)23)18-14(20)19-17-8-9-4-6-10(16)7-5-9/h4-8H,1-3H3,(H,18,19)/b17-8-. The number of hydrazone groups is 1. The number of benzene rings is 1. The van der Waals surface area contributed by atoms with E-state index in [1.54, 1.807) is 26.2 Å². The molecule has 0 aliphatic rings. The van der Waals surface area contributed by atoms with Gasteiger partial charge in [-0.25, -0.2) is 14.6 Å². The summed E-state index contributed by atoms with van der Waals surface area (Å²) >= 11 is 0. The first-order valence-electron chi connectivity index (χ1n) is 7.07. The highest BCUT2D eigenvalue weighted by Gasteiger charge is 2.16. The number of halogens is 1. The van der Waals surface area contributed by atoms with Gasteiger partial charge >= 0.3 is 5.69 Å². The van der Waals surface area contributed by atoms with Crippen molar-refractivity contribution < 1.29 is 4.39 Å². The molecule has 0 amide bonds. The molecule has 3 rings (SSSR count). The molecule has 0 aliphatic heterocycles. The summed E-state index contributed by atoms with van der Waals surface area (Å²) in [7, 11) is 4.61. The van der Waals surface area contributed by atoms with Crippen molar-refractivity contribution in [3.8, 4) is 0 Å². The second-order valence-electron chi connectivity index (χ2n) is 5.29. The van der Waals surface area contributed by atoms with Gasteiger partial charge in [0.05, 0.1) is 6.21 Å². The van der Waals surface area contributed by atoms with Crippen LogP contribution < -0.4 is 16.7 Å². The third-order valence-corrected chi connectivity index (χ3v) is 3.72. The van der Waals surface area contributed by atoms with Gasteiger partial charge in [0.1, 0.15) is 5.82 Å². The van der Waals surface area contributed by atoms with Gasteiger partial charge in [-0.1, -0.05) is 12.1 Å². The summed E-state index contributed by atoms with van der Waals surface area (Å²) in [5.41, 5.74) is 3.10. The lowest BCUT2D eigenvalue weighted by Crippen LogP contribution is -2.37. The van der Waals surface area contributed by atoms with E-state index in [1.165, 1.54) is 34.5 Å². The molecule has 0 atom stereocenters. The largest absolute Gasteiger partial charge is 0.332 e. The van der Waals surface area contributed by atoms with Gasteiger partial charge in [-0.05, 0) is 17.7 Å². The van der Waals surface area contributed by atoms with E-state index in [-0.39, 0.29) is 11.5 Å². The molecule has 0 aliphatic carbocycles. The predicted octanol–water partition coefficient (Wildman–Crippen LogP) is 0.556. The van der Waals surface area contributed by atoms with Crippen LogP contribution in [0.4, 0.5) is 10.3 Å². The number of rotatable bonds is 3. The zero-order valence-corrected chi connectivity index (χ0v) is 13.3. The molecule has 3 aromatic rings. The van der Waals surface area contributed by atoms with Crippen molar-refractivity contribution in [1.29, 1.82) is 0 Å². The van der Waals surface area contributed by atoms with Crippen LogP contribution in [0.2, 0.25) is 0 Å². The lowest BCUT2D eigenvalue weighted by atomic mass is 10.2. The summed E-state index contributed by atoms with van der Waals surface area (Å²) in [6.45, 7) is 0. The van der Waals surface area contributed by atoms with E-state index in [1.807, 2.05) is 0 Å². The van der Waals surface area contributed by atoms with Gasteiger partial charge in [0.15, 0.2) is 11.2 Å². The normalized spacial score (nSPS) is 11.5. The molecule has 2 heterocycles. The Morgan fingerprint density at radius 2 is 1.75 bits per heavy atom. The molecule has 0 bridgehead atoms. The minimum Gasteiger partial charge on any atom is -0.306 e. The van der Waals surface area contributed by atoms with E-state index in [0.29, 0.717) is 17.0 Å². The molecular weight excluding hydrogens is 315 g/mol. The fourth-order valence-corrected chi connectivity index (χ4v) is 2.33. The molecule has 24 heavy (non-hydrogen) atoms. The van der Waals surface area contributed by atoms with Crippen LogP contribution in [0.3, 0.4) is 0 Å². The fourth-order valence-electron chi connectivity index (χ4n) is 2.33. The first-order chi connectivity index (χ1) is 11.4. The predicted molar refractivity (Wildman–Crippen MR) is 88.8 cm³/mol. The van der Waals surface area contributed by atoms with E-state index in [2.05, 4.69) is 15.5 Å². The van der Waals surface area contributed by atoms with Crippen molar-refractivity contribution >= 4 is 23.3 Å². The Bertz CT molecular complexity index is 1060. The van der Waals surface area contributed by atoms with Crippen molar-refractivity contribution in [2.75, 3.05) is 5.43 Å². The third-order valence-electron chi connectivity index (χ3n) is 3.72. The number of nitrogens with zero attached hydrogens (tertiary/aromatic N) is 5. The van der Waals surface area contributed by atoms with Crippen LogP contribution in [0.15, 0.2) is 39.0 Å². The molecule has 1 aromatic carbocycles. The summed E-state index contributed by atoms with van der Waals surface area (Å²) in [6, 6.07) is 5.82. The Hall–Kier alpha value is -3.23. The number of aromatic nitrogens is 4. The van der Waals surface area contributed by atoms with Crippen LogP contribution >= 0.6 is 0 Å². The summed E-state index contributed by atoms with van der Waals surface area (Å²) in [6.07, 6.45) is 1.50. The van der Waals surface area contributed by atoms with E-state index >= 15 is 0 Å². The lowest BCUT2D eigenvalue weighted by molar-refractivity contribution is 0.628. The van der Waals surface area contributed by atoms with Crippen LogP contribution in [-0.4, -0.2) is 24.9 Å². The summed E-state index contributed by atoms with van der Waals surface area (Å²) in [5, 5.41) is 4.02. The van der Waals surface area contributed by atoms with Gasteiger partial charge in [-0.2, -0.15) is 10.1 Å². The summed E-state index contributed by atoms with van der Waals surface area (Å²) in [5.74, 6) is -0.0196. The number of nitrogens with one attached hydrogen (secondary N) is 1. The van der Waals surface area contributed by atoms with Crippen molar-refractivity contribution in [1.82, 2.24) is 18.7 Å². The van der Waals surface area contributed by atoms with Gasteiger partial charge in [0.25, 0.3) is 5.56 Å². The minimum absolute atomic E-state index is 0.269. The molecule has 0 saturated heterocycles. The fraction of sp³-hybridized carbons (Fsp3) is 0.200. The monoisotopic (exact) mass is 330 g/mol. The highest BCUT2D eigenvalue weighted by Crippen LogP contribution is 2.13. The molecule has 0 unspecified atom stereocenters. The van der Waals surface area contributed by atoms with Crippen molar-refractivity contribution in [3.63, 3.8) is 0 Å². The zero-order valence-electron chi connectivity index (χ0n) is 13.3. The summed E-state index contributed by atoms with van der Waals surface area (Å²) < 4.78 is 16.7. The quantitative estimate of drug-likeness (QED) is 0.561. The van der Waals surface area contributed by atoms with Gasteiger partial charge in [0, 0.05) is 21.1 Å². The van der Waals surface area contributed by atoms with E-state index in [0.717, 1.165) is 4.57 Å². The molecule has 8 nitrogen and oxygen atoms in total. The second-order valence-corrected chi connectivity index (χ2v) is 5.29. The molecule has 2 aromatic heterocycles. The molecular formula is C15H15FN6O2. The van der Waals surface area contributed by atoms with Gasteiger partial charge in [-0.3, -0.25) is 13.9 Å². The maximum absolute atomic E-state index is 12.9. The average Bonchev–Trinajstić information content (AvgIpc) is 2.90. The Labute approximate surface area is 135 Å². The van der Waals surface area contributed by atoms with Crippen LogP contribution in [0.1, 0.15) is 5.56 Å². The van der Waals surface area contributed by atoms with E-state index in [4.69, 9.17) is 0 Å². The van der Waals surface area contributed by atoms with Crippen LogP contribution in [0.25, 0.3) is 11.2 Å². The molecule has 0 saturated carbocycles. The Morgan fingerprint density at radius 3 is 2.42 bits per heavy atom. The van der Waals surface area contributed by atoms with Crippen LogP contribution in [0, 0.1) is 5.82 Å². The Morgan fingerprint density at radius 1 is 1.08 bits per heavy atom. The molecule has 9 heteroatoms. The topological polar surface area (TPSA) is 86.2 Å². The van der Waals surface area contributed by atoms with E-state index in [9.17, 15) is 14.0 Å². The third kappa shape index (κ3) is 2.49. The number of fused-ring (bicyclic) bond motifs is 1. The van der Waals surface area contributed by atoms with Crippen LogP contribution in [0.5, 0.6) is 0 Å². The smallest absolute Gasteiger partial charge is 0.306 e. The maximum Gasteiger partial charge on any atom is 0.332 e. The molecule has 0 spiro atoms. The Balaban J connectivity index is 1.99. The van der Waals surface area contributed by atoms with Crippen molar-refractivity contribution in [2.24, 2.45) is 26.2 Å².